The van der Waals surface area contributed by atoms with Crippen LogP contribution in [0, 0.1) is 6.92 Å². The smallest absolute Gasteiger partial charge is 0.209 e. The molecule has 0 bridgehead atoms. The second-order valence-corrected chi connectivity index (χ2v) is 11.0. The number of hydrogen-bond acceptors (Lipinski definition) is 2. The molecule has 0 radical (unpaired) electrons. The van der Waals surface area contributed by atoms with Gasteiger partial charge in [-0.25, -0.2) is 8.42 Å². The number of nitrogens with zero attached hydrogens (tertiary/aromatic N) is 1. The van der Waals surface area contributed by atoms with Gasteiger partial charge >= 0.3 is 0 Å². The molecule has 0 aliphatic heterocycles. The molecular formula is C33H29NO2S. The lowest BCUT2D eigenvalue weighted by molar-refractivity contribution is 0.596. The van der Waals surface area contributed by atoms with E-state index < -0.39 is 9.84 Å². The van der Waals surface area contributed by atoms with Crippen LogP contribution in [0.1, 0.15) is 16.8 Å². The van der Waals surface area contributed by atoms with Gasteiger partial charge in [0.15, 0.2) is 0 Å². The van der Waals surface area contributed by atoms with Crippen molar-refractivity contribution >= 4 is 9.84 Å². The van der Waals surface area contributed by atoms with Gasteiger partial charge in [0.05, 0.1) is 10.6 Å². The van der Waals surface area contributed by atoms with Gasteiger partial charge in [0.25, 0.3) is 0 Å². The minimum Gasteiger partial charge on any atom is -0.339 e. The first-order chi connectivity index (χ1) is 18.0. The average Bonchev–Trinajstić information content (AvgIpc) is 3.25. The molecule has 0 saturated heterocycles. The summed E-state index contributed by atoms with van der Waals surface area (Å²) in [5, 5.41) is 0. The molecule has 0 aliphatic rings. The Kier molecular flexibility index (Phi) is 6.93. The maximum absolute atomic E-state index is 14.5. The second-order valence-electron chi connectivity index (χ2n) is 9.11. The van der Waals surface area contributed by atoms with E-state index in [-0.39, 0.29) is 4.90 Å². The van der Waals surface area contributed by atoms with Gasteiger partial charge in [0, 0.05) is 24.2 Å². The normalized spacial score (nSPS) is 11.4. The highest BCUT2D eigenvalue weighted by Crippen LogP contribution is 2.44. The van der Waals surface area contributed by atoms with E-state index in [1.54, 1.807) is 12.1 Å². The van der Waals surface area contributed by atoms with E-state index in [1.807, 2.05) is 104 Å². The second kappa shape index (κ2) is 10.5. The molecule has 37 heavy (non-hydrogen) atoms. The van der Waals surface area contributed by atoms with Crippen LogP contribution < -0.4 is 0 Å². The summed E-state index contributed by atoms with van der Waals surface area (Å²) in [5.74, 6) is 0. The number of allylic oxidation sites excluding steroid dienone is 1. The van der Waals surface area contributed by atoms with Crippen molar-refractivity contribution in [2.75, 3.05) is 0 Å². The molecule has 5 aromatic rings. The largest absolute Gasteiger partial charge is 0.339 e. The van der Waals surface area contributed by atoms with Gasteiger partial charge in [-0.1, -0.05) is 115 Å². The molecule has 184 valence electrons. The molecule has 3 nitrogen and oxygen atoms in total. The quantitative estimate of drug-likeness (QED) is 0.203. The third-order valence-electron chi connectivity index (χ3n) is 6.56. The number of sulfone groups is 1. The number of aryl methyl sites for hydroxylation is 1. The van der Waals surface area contributed by atoms with Crippen LogP contribution in [0.5, 0.6) is 0 Å². The summed E-state index contributed by atoms with van der Waals surface area (Å²) in [4.78, 5) is 0.621. The predicted molar refractivity (Wildman–Crippen MR) is 151 cm³/mol. The van der Waals surface area contributed by atoms with Crippen LogP contribution in [-0.2, 0) is 22.8 Å². The fourth-order valence-electron chi connectivity index (χ4n) is 4.83. The third kappa shape index (κ3) is 4.81. The highest BCUT2D eigenvalue weighted by atomic mass is 32.2. The zero-order chi connectivity index (χ0) is 25.8. The van der Waals surface area contributed by atoms with Crippen LogP contribution in [0.4, 0.5) is 0 Å². The lowest BCUT2D eigenvalue weighted by Gasteiger charge is -2.13. The Morgan fingerprint density at radius 1 is 0.730 bits per heavy atom. The van der Waals surface area contributed by atoms with Crippen LogP contribution in [-0.4, -0.2) is 13.0 Å². The Balaban J connectivity index is 1.93. The van der Waals surface area contributed by atoms with E-state index in [0.29, 0.717) is 23.6 Å². The summed E-state index contributed by atoms with van der Waals surface area (Å²) < 4.78 is 31.2. The summed E-state index contributed by atoms with van der Waals surface area (Å²) in [6.45, 7) is 6.45. The molecule has 5 rings (SSSR count). The van der Waals surface area contributed by atoms with E-state index in [1.165, 1.54) is 0 Å². The first-order valence-corrected chi connectivity index (χ1v) is 13.8. The molecule has 1 heterocycles. The summed E-state index contributed by atoms with van der Waals surface area (Å²) in [5.41, 5.74) is 6.23. The predicted octanol–water partition coefficient (Wildman–Crippen LogP) is 7.74. The Morgan fingerprint density at radius 2 is 1.27 bits per heavy atom. The lowest BCUT2D eigenvalue weighted by atomic mass is 10.0. The third-order valence-corrected chi connectivity index (χ3v) is 8.39. The van der Waals surface area contributed by atoms with E-state index in [2.05, 4.69) is 23.3 Å². The van der Waals surface area contributed by atoms with Gasteiger partial charge in [-0.2, -0.15) is 0 Å². The molecule has 0 atom stereocenters. The van der Waals surface area contributed by atoms with Crippen molar-refractivity contribution in [2.45, 2.75) is 29.7 Å². The van der Waals surface area contributed by atoms with Gasteiger partial charge in [-0.15, -0.1) is 6.58 Å². The topological polar surface area (TPSA) is 39.1 Å². The number of rotatable bonds is 8. The zero-order valence-corrected chi connectivity index (χ0v) is 21.7. The van der Waals surface area contributed by atoms with E-state index in [9.17, 15) is 8.42 Å². The Morgan fingerprint density at radius 3 is 1.84 bits per heavy atom. The van der Waals surface area contributed by atoms with E-state index >= 15 is 0 Å². The highest BCUT2D eigenvalue weighted by Gasteiger charge is 2.33. The van der Waals surface area contributed by atoms with E-state index in [4.69, 9.17) is 0 Å². The van der Waals surface area contributed by atoms with Gasteiger partial charge in [-0.3, -0.25) is 0 Å². The van der Waals surface area contributed by atoms with Crippen molar-refractivity contribution in [1.29, 1.82) is 0 Å². The number of aromatic nitrogens is 1. The first kappa shape index (κ1) is 24.5. The molecule has 0 N–H and O–H groups in total. The molecule has 0 spiro atoms. The monoisotopic (exact) mass is 503 g/mol. The van der Waals surface area contributed by atoms with Crippen molar-refractivity contribution in [3.8, 4) is 22.4 Å². The molecule has 0 aliphatic carbocycles. The molecule has 1 aromatic heterocycles. The van der Waals surface area contributed by atoms with Gasteiger partial charge in [0.2, 0.25) is 9.84 Å². The van der Waals surface area contributed by atoms with Crippen molar-refractivity contribution < 1.29 is 8.42 Å². The van der Waals surface area contributed by atoms with Gasteiger partial charge in [0.1, 0.15) is 4.90 Å². The van der Waals surface area contributed by atoms with Crippen molar-refractivity contribution in [2.24, 2.45) is 0 Å². The maximum atomic E-state index is 14.5. The molecule has 0 saturated carbocycles. The van der Waals surface area contributed by atoms with Crippen LogP contribution >= 0.6 is 0 Å². The van der Waals surface area contributed by atoms with Crippen LogP contribution in [0.2, 0.25) is 0 Å². The minimum absolute atomic E-state index is 0.287. The highest BCUT2D eigenvalue weighted by molar-refractivity contribution is 7.91. The maximum Gasteiger partial charge on any atom is 0.209 e. The number of hydrogen-bond donors (Lipinski definition) is 0. The molecule has 0 amide bonds. The lowest BCUT2D eigenvalue weighted by Crippen LogP contribution is -2.07. The Hall–Kier alpha value is -4.15. The average molecular weight is 504 g/mol. The molecule has 4 aromatic carbocycles. The fourth-order valence-corrected chi connectivity index (χ4v) is 6.55. The van der Waals surface area contributed by atoms with Crippen LogP contribution in [0.25, 0.3) is 22.4 Å². The Labute approximate surface area is 219 Å². The zero-order valence-electron chi connectivity index (χ0n) is 20.8. The van der Waals surface area contributed by atoms with Crippen LogP contribution in [0.3, 0.4) is 0 Å². The van der Waals surface area contributed by atoms with E-state index in [0.717, 1.165) is 33.5 Å². The summed E-state index contributed by atoms with van der Waals surface area (Å²) in [6.07, 6.45) is 2.42. The van der Waals surface area contributed by atoms with Gasteiger partial charge in [-0.05, 0) is 35.7 Å². The van der Waals surface area contributed by atoms with Crippen molar-refractivity contribution in [1.82, 2.24) is 4.57 Å². The SMILES string of the molecule is C=CCn1c(Cc2ccccc2)c(-c2ccccc2)c(S(=O)(=O)c2ccc(C)cc2)c1-c1ccccc1. The standard InChI is InChI=1S/C33H29NO2S/c1-3-23-34-30(24-26-13-7-4-8-14-26)31(27-15-9-5-10-16-27)33(32(34)28-17-11-6-12-18-28)37(35,36)29-21-19-25(2)20-22-29/h3-22H,1,23-24H2,2H3. The Bertz CT molecular complexity index is 1620. The summed E-state index contributed by atoms with van der Waals surface area (Å²) in [7, 11) is -3.88. The summed E-state index contributed by atoms with van der Waals surface area (Å²) >= 11 is 0. The van der Waals surface area contributed by atoms with Crippen molar-refractivity contribution in [3.05, 3.63) is 145 Å². The van der Waals surface area contributed by atoms with Gasteiger partial charge < -0.3 is 4.57 Å². The minimum atomic E-state index is -3.88. The fraction of sp³-hybridized carbons (Fsp3) is 0.0909. The summed E-state index contributed by atoms with van der Waals surface area (Å²) in [6, 6.07) is 36.9. The first-order valence-electron chi connectivity index (χ1n) is 12.3. The molecule has 0 unspecified atom stereocenters. The molecule has 0 fully saturated rings. The number of benzene rings is 4. The molecule has 4 heteroatoms. The van der Waals surface area contributed by atoms with Crippen LogP contribution in [0.15, 0.2) is 138 Å². The molecular weight excluding hydrogens is 474 g/mol. The van der Waals surface area contributed by atoms with Crippen molar-refractivity contribution in [3.63, 3.8) is 0 Å².